The van der Waals surface area contributed by atoms with E-state index in [1.165, 1.54) is 6.92 Å². The molecule has 0 aromatic heterocycles. The van der Waals surface area contributed by atoms with E-state index in [0.717, 1.165) is 12.8 Å². The van der Waals surface area contributed by atoms with Crippen molar-refractivity contribution >= 4 is 5.71 Å². The van der Waals surface area contributed by atoms with E-state index in [2.05, 4.69) is 11.9 Å². The molecule has 0 rings (SSSR count). The van der Waals surface area contributed by atoms with Gasteiger partial charge in [0.05, 0.1) is 18.4 Å². The van der Waals surface area contributed by atoms with Gasteiger partial charge in [0.15, 0.2) is 0 Å². The monoisotopic (exact) mass is 247 g/mol. The van der Waals surface area contributed by atoms with Crippen LogP contribution in [0.3, 0.4) is 0 Å². The summed E-state index contributed by atoms with van der Waals surface area (Å²) in [6, 6.07) is 0. The fourth-order valence-corrected chi connectivity index (χ4v) is 1.56. The van der Waals surface area contributed by atoms with Crippen molar-refractivity contribution in [1.82, 2.24) is 0 Å². The zero-order valence-electron chi connectivity index (χ0n) is 10.9. The van der Waals surface area contributed by atoms with Crippen LogP contribution in [0.2, 0.25) is 0 Å². The van der Waals surface area contributed by atoms with Gasteiger partial charge in [-0.05, 0) is 19.3 Å². The zero-order chi connectivity index (χ0) is 13.4. The Labute approximate surface area is 103 Å². The van der Waals surface area contributed by atoms with E-state index in [1.807, 2.05) is 6.92 Å². The normalized spacial score (nSPS) is 19.8. The van der Waals surface area contributed by atoms with Crippen LogP contribution >= 0.6 is 0 Å². The van der Waals surface area contributed by atoms with Gasteiger partial charge in [0.1, 0.15) is 12.2 Å². The first-order valence-corrected chi connectivity index (χ1v) is 6.12. The number of rotatable bonds is 8. The highest BCUT2D eigenvalue weighted by molar-refractivity contribution is 5.90. The van der Waals surface area contributed by atoms with Crippen molar-refractivity contribution < 1.29 is 20.4 Å². The van der Waals surface area contributed by atoms with Gasteiger partial charge in [0.25, 0.3) is 0 Å². The molecule has 4 N–H and O–H groups in total. The Morgan fingerprint density at radius 1 is 1.18 bits per heavy atom. The molecule has 102 valence electrons. The lowest BCUT2D eigenvalue weighted by Gasteiger charge is -2.21. The zero-order valence-corrected chi connectivity index (χ0v) is 10.9. The van der Waals surface area contributed by atoms with Crippen LogP contribution in [0.4, 0.5) is 0 Å². The van der Waals surface area contributed by atoms with E-state index in [4.69, 9.17) is 10.2 Å². The SMILES string of the molecule is CCCC(C)CN=C(CO)[C@@H](O)[C@H](O)[C@H](C)O. The van der Waals surface area contributed by atoms with Gasteiger partial charge < -0.3 is 20.4 Å². The molecule has 5 heteroatoms. The molecule has 4 atom stereocenters. The van der Waals surface area contributed by atoms with Crippen molar-refractivity contribution in [2.45, 2.75) is 51.9 Å². The van der Waals surface area contributed by atoms with E-state index >= 15 is 0 Å². The van der Waals surface area contributed by atoms with Gasteiger partial charge in [-0.25, -0.2) is 0 Å². The molecule has 0 aliphatic heterocycles. The third kappa shape index (κ3) is 6.12. The first-order chi connectivity index (χ1) is 7.93. The molecule has 0 aliphatic carbocycles. The highest BCUT2D eigenvalue weighted by Gasteiger charge is 2.25. The molecular weight excluding hydrogens is 222 g/mol. The maximum absolute atomic E-state index is 9.69. The number of aliphatic hydroxyl groups excluding tert-OH is 4. The lowest BCUT2D eigenvalue weighted by Crippen LogP contribution is -2.42. The van der Waals surface area contributed by atoms with Crippen molar-refractivity contribution in [3.63, 3.8) is 0 Å². The molecule has 0 radical (unpaired) electrons. The van der Waals surface area contributed by atoms with Crippen molar-refractivity contribution in [2.24, 2.45) is 10.9 Å². The second-order valence-electron chi connectivity index (χ2n) is 4.56. The maximum atomic E-state index is 9.69. The van der Waals surface area contributed by atoms with Crippen molar-refractivity contribution in [2.75, 3.05) is 13.2 Å². The molecule has 5 nitrogen and oxygen atoms in total. The molecule has 0 aromatic carbocycles. The molecule has 0 saturated heterocycles. The standard InChI is InChI=1S/C12H25NO4/c1-4-5-8(2)6-13-10(7-14)12(17)11(16)9(3)15/h8-9,11-12,14-17H,4-7H2,1-3H3/t8?,9-,11+,12+/m0/s1. The predicted octanol–water partition coefficient (Wildman–Crippen LogP) is -0.0415. The Morgan fingerprint density at radius 3 is 2.18 bits per heavy atom. The Hall–Kier alpha value is -0.490. The molecule has 0 saturated carbocycles. The van der Waals surface area contributed by atoms with Crippen LogP contribution in [-0.4, -0.2) is 57.6 Å². The van der Waals surface area contributed by atoms with Gasteiger partial charge in [0.2, 0.25) is 0 Å². The van der Waals surface area contributed by atoms with E-state index in [0.29, 0.717) is 12.5 Å². The molecule has 0 spiro atoms. The minimum absolute atomic E-state index is 0.126. The van der Waals surface area contributed by atoms with Gasteiger partial charge in [-0.1, -0.05) is 20.3 Å². The van der Waals surface area contributed by atoms with Crippen LogP contribution < -0.4 is 0 Å². The van der Waals surface area contributed by atoms with Crippen LogP contribution in [0.1, 0.15) is 33.6 Å². The largest absolute Gasteiger partial charge is 0.391 e. The minimum atomic E-state index is -1.32. The maximum Gasteiger partial charge on any atom is 0.122 e. The fourth-order valence-electron chi connectivity index (χ4n) is 1.56. The summed E-state index contributed by atoms with van der Waals surface area (Å²) < 4.78 is 0. The third-order valence-electron chi connectivity index (χ3n) is 2.71. The molecule has 0 aliphatic rings. The number of aliphatic imine (C=N–C) groups is 1. The Bertz CT molecular complexity index is 231. The van der Waals surface area contributed by atoms with Gasteiger partial charge in [-0.2, -0.15) is 0 Å². The molecule has 17 heavy (non-hydrogen) atoms. The summed E-state index contributed by atoms with van der Waals surface area (Å²) in [7, 11) is 0. The van der Waals surface area contributed by atoms with Crippen molar-refractivity contribution in [3.05, 3.63) is 0 Å². The third-order valence-corrected chi connectivity index (χ3v) is 2.71. The summed E-state index contributed by atoms with van der Waals surface area (Å²) in [5.41, 5.74) is 0.126. The lowest BCUT2D eigenvalue weighted by atomic mass is 10.0. The highest BCUT2D eigenvalue weighted by Crippen LogP contribution is 2.07. The van der Waals surface area contributed by atoms with Crippen LogP contribution in [0.25, 0.3) is 0 Å². The van der Waals surface area contributed by atoms with Gasteiger partial charge in [-0.15, -0.1) is 0 Å². The molecule has 1 unspecified atom stereocenters. The van der Waals surface area contributed by atoms with E-state index in [-0.39, 0.29) is 5.71 Å². The average Bonchev–Trinajstić information content (AvgIpc) is 2.28. The second-order valence-corrected chi connectivity index (χ2v) is 4.56. The Morgan fingerprint density at radius 2 is 1.76 bits per heavy atom. The summed E-state index contributed by atoms with van der Waals surface area (Å²) in [4.78, 5) is 4.11. The van der Waals surface area contributed by atoms with Crippen LogP contribution in [0.5, 0.6) is 0 Å². The van der Waals surface area contributed by atoms with Crippen LogP contribution in [-0.2, 0) is 0 Å². The summed E-state index contributed by atoms with van der Waals surface area (Å²) in [5, 5.41) is 37.4. The predicted molar refractivity (Wildman–Crippen MR) is 67.2 cm³/mol. The number of hydrogen-bond acceptors (Lipinski definition) is 5. The molecule has 0 heterocycles. The number of hydrogen-bond donors (Lipinski definition) is 4. The number of aliphatic hydroxyl groups is 4. The fraction of sp³-hybridized carbons (Fsp3) is 0.917. The van der Waals surface area contributed by atoms with E-state index in [9.17, 15) is 10.2 Å². The topological polar surface area (TPSA) is 93.3 Å². The summed E-state index contributed by atoms with van der Waals surface area (Å²) in [5.74, 6) is 0.373. The second kappa shape index (κ2) is 8.58. The first-order valence-electron chi connectivity index (χ1n) is 6.12. The molecule has 0 bridgehead atoms. The van der Waals surface area contributed by atoms with Gasteiger partial charge in [0, 0.05) is 6.54 Å². The van der Waals surface area contributed by atoms with Crippen molar-refractivity contribution in [3.8, 4) is 0 Å². The highest BCUT2D eigenvalue weighted by atomic mass is 16.4. The first kappa shape index (κ1) is 16.5. The van der Waals surface area contributed by atoms with E-state index in [1.54, 1.807) is 0 Å². The lowest BCUT2D eigenvalue weighted by molar-refractivity contribution is -0.0271. The van der Waals surface area contributed by atoms with Crippen LogP contribution in [0.15, 0.2) is 4.99 Å². The smallest absolute Gasteiger partial charge is 0.122 e. The summed E-state index contributed by atoms with van der Waals surface area (Å²) in [6.07, 6.45) is -1.60. The summed E-state index contributed by atoms with van der Waals surface area (Å²) >= 11 is 0. The van der Waals surface area contributed by atoms with Crippen molar-refractivity contribution in [1.29, 1.82) is 0 Å². The molecular formula is C12H25NO4. The summed E-state index contributed by atoms with van der Waals surface area (Å²) in [6.45, 7) is 5.60. The Balaban J connectivity index is 4.44. The molecule has 0 amide bonds. The van der Waals surface area contributed by atoms with Gasteiger partial charge in [-0.3, -0.25) is 4.99 Å². The average molecular weight is 247 g/mol. The number of nitrogens with zero attached hydrogens (tertiary/aromatic N) is 1. The quantitative estimate of drug-likeness (QED) is 0.453. The Kier molecular flexibility index (Phi) is 8.33. The molecule has 0 aromatic rings. The van der Waals surface area contributed by atoms with E-state index < -0.39 is 24.9 Å². The van der Waals surface area contributed by atoms with Gasteiger partial charge >= 0.3 is 0 Å². The minimum Gasteiger partial charge on any atom is -0.391 e. The van der Waals surface area contributed by atoms with Crippen LogP contribution in [0, 0.1) is 5.92 Å². The molecule has 0 fully saturated rings.